The number of methoxy groups -OCH3 is 1. The van der Waals surface area contributed by atoms with Crippen molar-refractivity contribution in [3.8, 4) is 17.2 Å². The van der Waals surface area contributed by atoms with Crippen LogP contribution in [0.3, 0.4) is 0 Å². The fourth-order valence-corrected chi connectivity index (χ4v) is 3.53. The molecule has 1 aliphatic rings. The lowest BCUT2D eigenvalue weighted by molar-refractivity contribution is 0.0733. The van der Waals surface area contributed by atoms with E-state index in [-0.39, 0.29) is 11.5 Å². The smallest absolute Gasteiger partial charge is 0.343 e. The Kier molecular flexibility index (Phi) is 5.42. The van der Waals surface area contributed by atoms with E-state index in [4.69, 9.17) is 14.2 Å². The van der Waals surface area contributed by atoms with Gasteiger partial charge in [-0.1, -0.05) is 34.1 Å². The van der Waals surface area contributed by atoms with Gasteiger partial charge in [-0.15, -0.1) is 0 Å². The largest absolute Gasteiger partial charge is 0.496 e. The van der Waals surface area contributed by atoms with Crippen LogP contribution in [0.2, 0.25) is 0 Å². The van der Waals surface area contributed by atoms with Gasteiger partial charge in [-0.3, -0.25) is 4.79 Å². The Morgan fingerprint density at radius 3 is 2.63 bits per heavy atom. The molecular weight excluding hydrogens is 448 g/mol. The monoisotopic (exact) mass is 464 g/mol. The van der Waals surface area contributed by atoms with E-state index in [1.54, 1.807) is 49.6 Å². The number of hydrogen-bond acceptors (Lipinski definition) is 5. The van der Waals surface area contributed by atoms with Crippen molar-refractivity contribution < 1.29 is 23.8 Å². The molecule has 1 heterocycles. The molecule has 5 nitrogen and oxygen atoms in total. The van der Waals surface area contributed by atoms with Gasteiger partial charge < -0.3 is 14.2 Å². The summed E-state index contributed by atoms with van der Waals surface area (Å²) in [7, 11) is 1.56. The molecule has 6 heteroatoms. The molecule has 0 spiro atoms. The van der Waals surface area contributed by atoms with E-state index in [1.807, 2.05) is 31.2 Å². The Balaban J connectivity index is 1.60. The third-order valence-corrected chi connectivity index (χ3v) is 5.19. The topological polar surface area (TPSA) is 61.8 Å². The van der Waals surface area contributed by atoms with Gasteiger partial charge in [0.05, 0.1) is 18.2 Å². The Labute approximate surface area is 182 Å². The summed E-state index contributed by atoms with van der Waals surface area (Å²) in [6.45, 7) is 1.84. The van der Waals surface area contributed by atoms with Gasteiger partial charge in [0.25, 0.3) is 0 Å². The summed E-state index contributed by atoms with van der Waals surface area (Å²) in [5.74, 6) is 0.719. The lowest BCUT2D eigenvalue weighted by atomic mass is 10.1. The minimum Gasteiger partial charge on any atom is -0.496 e. The highest BCUT2D eigenvalue weighted by molar-refractivity contribution is 9.10. The Hall–Kier alpha value is -3.38. The first kappa shape index (κ1) is 19.9. The standard InChI is InChI=1S/C24H17BrO5/c1-14-5-3-4-6-18(14)24(27)29-17-8-9-19-21(13-17)30-22(23(19)26)12-15-11-16(25)7-10-20(15)28-2/h3-13H,1-2H3/b22-12-. The summed E-state index contributed by atoms with van der Waals surface area (Å²) in [5.41, 5.74) is 2.42. The number of Topliss-reactive ketones (excluding diaryl/α,β-unsaturated/α-hetero) is 1. The van der Waals surface area contributed by atoms with Gasteiger partial charge >= 0.3 is 5.97 Å². The van der Waals surface area contributed by atoms with Crippen LogP contribution in [-0.2, 0) is 0 Å². The molecule has 0 bridgehead atoms. The van der Waals surface area contributed by atoms with Gasteiger partial charge in [0, 0.05) is 16.1 Å². The molecule has 0 atom stereocenters. The van der Waals surface area contributed by atoms with Gasteiger partial charge in [-0.2, -0.15) is 0 Å². The molecule has 0 saturated heterocycles. The van der Waals surface area contributed by atoms with Crippen molar-refractivity contribution in [1.82, 2.24) is 0 Å². The number of esters is 1. The summed E-state index contributed by atoms with van der Waals surface area (Å²) < 4.78 is 17.4. The van der Waals surface area contributed by atoms with Crippen molar-refractivity contribution in [3.05, 3.63) is 93.1 Å². The van der Waals surface area contributed by atoms with E-state index >= 15 is 0 Å². The highest BCUT2D eigenvalue weighted by Gasteiger charge is 2.28. The first-order valence-corrected chi connectivity index (χ1v) is 9.95. The van der Waals surface area contributed by atoms with Crippen molar-refractivity contribution >= 4 is 33.8 Å². The molecule has 0 N–H and O–H groups in total. The number of allylic oxidation sites excluding steroid dienone is 1. The summed E-state index contributed by atoms with van der Waals surface area (Å²) in [6.07, 6.45) is 1.63. The second-order valence-corrected chi connectivity index (χ2v) is 7.60. The van der Waals surface area contributed by atoms with Crippen LogP contribution in [0.5, 0.6) is 17.2 Å². The molecule has 0 aromatic heterocycles. The Morgan fingerprint density at radius 2 is 1.87 bits per heavy atom. The molecular formula is C24H17BrO5. The van der Waals surface area contributed by atoms with Gasteiger partial charge in [-0.25, -0.2) is 4.79 Å². The number of aryl methyl sites for hydroxylation is 1. The van der Waals surface area contributed by atoms with Crippen molar-refractivity contribution in [1.29, 1.82) is 0 Å². The van der Waals surface area contributed by atoms with Gasteiger partial charge in [0.2, 0.25) is 5.78 Å². The zero-order valence-electron chi connectivity index (χ0n) is 16.3. The second-order valence-electron chi connectivity index (χ2n) is 6.69. The third kappa shape index (κ3) is 3.86. The molecule has 150 valence electrons. The lowest BCUT2D eigenvalue weighted by Crippen LogP contribution is -2.10. The molecule has 0 saturated carbocycles. The fraction of sp³-hybridized carbons (Fsp3) is 0.0833. The Morgan fingerprint density at radius 1 is 1.07 bits per heavy atom. The van der Waals surface area contributed by atoms with E-state index in [0.29, 0.717) is 33.9 Å². The SMILES string of the molecule is COc1ccc(Br)cc1/C=C1\Oc2cc(OC(=O)c3ccccc3C)ccc2C1=O. The number of rotatable bonds is 4. The number of benzene rings is 3. The maximum atomic E-state index is 12.7. The van der Waals surface area contributed by atoms with Crippen LogP contribution in [0.25, 0.3) is 6.08 Å². The van der Waals surface area contributed by atoms with Crippen molar-refractivity contribution in [2.45, 2.75) is 6.92 Å². The molecule has 0 aliphatic carbocycles. The van der Waals surface area contributed by atoms with E-state index in [2.05, 4.69) is 15.9 Å². The zero-order chi connectivity index (χ0) is 21.3. The third-order valence-electron chi connectivity index (χ3n) is 4.70. The minimum absolute atomic E-state index is 0.170. The number of ketones is 1. The predicted octanol–water partition coefficient (Wildman–Crippen LogP) is 5.60. The second kappa shape index (κ2) is 8.16. The summed E-state index contributed by atoms with van der Waals surface area (Å²) in [6, 6.07) is 17.4. The van der Waals surface area contributed by atoms with Crippen LogP contribution in [0, 0.1) is 6.92 Å². The van der Waals surface area contributed by atoms with Crippen LogP contribution in [0.4, 0.5) is 0 Å². The maximum absolute atomic E-state index is 12.7. The number of carbonyl (C=O) groups is 2. The molecule has 30 heavy (non-hydrogen) atoms. The molecule has 0 fully saturated rings. The highest BCUT2D eigenvalue weighted by Crippen LogP contribution is 2.36. The summed E-state index contributed by atoms with van der Waals surface area (Å²) in [4.78, 5) is 25.2. The fourth-order valence-electron chi connectivity index (χ4n) is 3.15. The zero-order valence-corrected chi connectivity index (χ0v) is 17.9. The molecule has 0 unspecified atom stereocenters. The number of carbonyl (C=O) groups excluding carboxylic acids is 2. The molecule has 0 amide bonds. The molecule has 3 aromatic carbocycles. The molecule has 3 aromatic rings. The van der Waals surface area contributed by atoms with Crippen LogP contribution in [0.1, 0.15) is 31.8 Å². The first-order valence-electron chi connectivity index (χ1n) is 9.16. The highest BCUT2D eigenvalue weighted by atomic mass is 79.9. The van der Waals surface area contributed by atoms with Crippen LogP contribution in [-0.4, -0.2) is 18.9 Å². The van der Waals surface area contributed by atoms with Crippen LogP contribution < -0.4 is 14.2 Å². The number of fused-ring (bicyclic) bond motifs is 1. The first-order chi connectivity index (χ1) is 14.5. The van der Waals surface area contributed by atoms with Gasteiger partial charge in [0.1, 0.15) is 17.2 Å². The maximum Gasteiger partial charge on any atom is 0.343 e. The van der Waals surface area contributed by atoms with Crippen molar-refractivity contribution in [2.75, 3.05) is 7.11 Å². The summed E-state index contributed by atoms with van der Waals surface area (Å²) in [5, 5.41) is 0. The lowest BCUT2D eigenvalue weighted by Gasteiger charge is -2.07. The van der Waals surface area contributed by atoms with Crippen LogP contribution >= 0.6 is 15.9 Å². The predicted molar refractivity (Wildman–Crippen MR) is 116 cm³/mol. The van der Waals surface area contributed by atoms with E-state index in [0.717, 1.165) is 10.0 Å². The van der Waals surface area contributed by atoms with Crippen molar-refractivity contribution in [2.24, 2.45) is 0 Å². The van der Waals surface area contributed by atoms with Gasteiger partial charge in [-0.05, 0) is 55.0 Å². The minimum atomic E-state index is -0.466. The number of halogens is 1. The average molecular weight is 465 g/mol. The van der Waals surface area contributed by atoms with Gasteiger partial charge in [0.15, 0.2) is 5.76 Å². The Bertz CT molecular complexity index is 1200. The average Bonchev–Trinajstić information content (AvgIpc) is 3.03. The van der Waals surface area contributed by atoms with E-state index < -0.39 is 5.97 Å². The molecule has 1 aliphatic heterocycles. The van der Waals surface area contributed by atoms with Crippen LogP contribution in [0.15, 0.2) is 70.9 Å². The number of ether oxygens (including phenoxy) is 3. The molecule has 0 radical (unpaired) electrons. The van der Waals surface area contributed by atoms with Crippen molar-refractivity contribution in [3.63, 3.8) is 0 Å². The van der Waals surface area contributed by atoms with E-state index in [1.165, 1.54) is 0 Å². The normalized spacial score (nSPS) is 13.7. The summed E-state index contributed by atoms with van der Waals surface area (Å²) >= 11 is 3.42. The molecule has 4 rings (SSSR count). The van der Waals surface area contributed by atoms with E-state index in [9.17, 15) is 9.59 Å². The quantitative estimate of drug-likeness (QED) is 0.285. The number of hydrogen-bond donors (Lipinski definition) is 0.